The number of hydrogen-bond donors (Lipinski definition) is 0. The third-order valence-corrected chi connectivity index (χ3v) is 3.48. The van der Waals surface area contributed by atoms with Crippen LogP contribution >= 0.6 is 0 Å². The molecule has 0 aliphatic heterocycles. The molecule has 1 unspecified atom stereocenters. The Hall–Kier alpha value is -1.58. The van der Waals surface area contributed by atoms with Gasteiger partial charge in [-0.25, -0.2) is 0 Å². The number of carbonyl (C=O) groups is 1. The van der Waals surface area contributed by atoms with Crippen LogP contribution in [0, 0.1) is 0 Å². The van der Waals surface area contributed by atoms with Crippen LogP contribution in [0.4, 0.5) is 0 Å². The van der Waals surface area contributed by atoms with Gasteiger partial charge in [-0.2, -0.15) is 0 Å². The minimum Gasteiger partial charge on any atom is -0.612 e. The molecule has 0 saturated heterocycles. The van der Waals surface area contributed by atoms with Gasteiger partial charge in [0.15, 0.2) is 4.90 Å². The van der Waals surface area contributed by atoms with Gasteiger partial charge in [0.25, 0.3) is 0 Å². The molecule has 0 spiro atoms. The highest BCUT2D eigenvalue weighted by atomic mass is 32.2. The van der Waals surface area contributed by atoms with Crippen molar-refractivity contribution in [3.05, 3.63) is 54.1 Å². The lowest BCUT2D eigenvalue weighted by atomic mass is 10.0. The van der Waals surface area contributed by atoms with Gasteiger partial charge in [-0.15, -0.1) is 0 Å². The molecule has 17 heavy (non-hydrogen) atoms. The van der Waals surface area contributed by atoms with E-state index in [1.165, 1.54) is 0 Å². The van der Waals surface area contributed by atoms with E-state index in [0.717, 1.165) is 22.3 Å². The van der Waals surface area contributed by atoms with Crippen LogP contribution in [0.2, 0.25) is 0 Å². The fraction of sp³-hybridized carbons (Fsp3) is 0.0714. The molecule has 3 heteroatoms. The van der Waals surface area contributed by atoms with Crippen LogP contribution in [-0.4, -0.2) is 17.1 Å². The van der Waals surface area contributed by atoms with Crippen molar-refractivity contribution in [2.24, 2.45) is 0 Å². The first-order valence-electron chi connectivity index (χ1n) is 5.20. The van der Waals surface area contributed by atoms with Crippen molar-refractivity contribution in [1.29, 1.82) is 0 Å². The SMILES string of the molecule is C[S+]([O-])c1ccc(-c2cccc(C=O)c2)cc1. The van der Waals surface area contributed by atoms with E-state index in [1.54, 1.807) is 12.3 Å². The third-order valence-electron chi connectivity index (χ3n) is 2.54. The maximum absolute atomic E-state index is 11.3. The maximum Gasteiger partial charge on any atom is 0.152 e. The first-order chi connectivity index (χ1) is 8.20. The highest BCUT2D eigenvalue weighted by molar-refractivity contribution is 7.90. The van der Waals surface area contributed by atoms with E-state index in [2.05, 4.69) is 0 Å². The summed E-state index contributed by atoms with van der Waals surface area (Å²) in [6.45, 7) is 0. The summed E-state index contributed by atoms with van der Waals surface area (Å²) < 4.78 is 11.3. The standard InChI is InChI=1S/C14H12O2S/c1-17(16)14-7-5-12(6-8-14)13-4-2-3-11(9-13)10-15/h2-10H,1H3. The van der Waals surface area contributed by atoms with Gasteiger partial charge in [-0.05, 0) is 52.6 Å². The summed E-state index contributed by atoms with van der Waals surface area (Å²) in [6, 6.07) is 14.9. The minimum atomic E-state index is -0.956. The molecule has 86 valence electrons. The van der Waals surface area contributed by atoms with Gasteiger partial charge in [-0.3, -0.25) is 4.79 Å². The predicted molar refractivity (Wildman–Crippen MR) is 69.6 cm³/mol. The zero-order chi connectivity index (χ0) is 12.3. The van der Waals surface area contributed by atoms with E-state index >= 15 is 0 Å². The lowest BCUT2D eigenvalue weighted by molar-refractivity contribution is 0.112. The third kappa shape index (κ3) is 2.75. The van der Waals surface area contributed by atoms with Gasteiger partial charge in [-0.1, -0.05) is 18.2 Å². The second-order valence-corrected chi connectivity index (χ2v) is 5.10. The normalized spacial score (nSPS) is 12.1. The molecule has 2 nitrogen and oxygen atoms in total. The van der Waals surface area contributed by atoms with E-state index in [4.69, 9.17) is 0 Å². The summed E-state index contributed by atoms with van der Waals surface area (Å²) in [5, 5.41) is 0. The molecule has 0 bridgehead atoms. The fourth-order valence-electron chi connectivity index (χ4n) is 1.63. The van der Waals surface area contributed by atoms with Crippen molar-refractivity contribution >= 4 is 17.5 Å². The van der Waals surface area contributed by atoms with E-state index < -0.39 is 11.2 Å². The van der Waals surface area contributed by atoms with E-state index in [0.29, 0.717) is 5.56 Å². The van der Waals surface area contributed by atoms with E-state index in [9.17, 15) is 9.35 Å². The van der Waals surface area contributed by atoms with Crippen molar-refractivity contribution in [3.63, 3.8) is 0 Å². The van der Waals surface area contributed by atoms with Crippen molar-refractivity contribution in [2.75, 3.05) is 6.26 Å². The number of carbonyl (C=O) groups excluding carboxylic acids is 1. The molecule has 0 radical (unpaired) electrons. The Balaban J connectivity index is 2.36. The molecule has 0 heterocycles. The summed E-state index contributed by atoms with van der Waals surface area (Å²) in [6.07, 6.45) is 2.49. The van der Waals surface area contributed by atoms with Crippen LogP contribution in [0.25, 0.3) is 11.1 Å². The van der Waals surface area contributed by atoms with Crippen molar-refractivity contribution < 1.29 is 9.35 Å². The summed E-state index contributed by atoms with van der Waals surface area (Å²) in [5.41, 5.74) is 2.66. The number of hydrogen-bond acceptors (Lipinski definition) is 2. The topological polar surface area (TPSA) is 40.1 Å². The van der Waals surface area contributed by atoms with Crippen LogP contribution in [0.3, 0.4) is 0 Å². The molecule has 0 aromatic heterocycles. The number of rotatable bonds is 3. The molecular formula is C14H12O2S. The Labute approximate surface area is 103 Å². The summed E-state index contributed by atoms with van der Waals surface area (Å²) in [7, 11) is 0. The van der Waals surface area contributed by atoms with Crippen molar-refractivity contribution in [1.82, 2.24) is 0 Å². The molecule has 0 amide bonds. The molecule has 0 saturated carbocycles. The molecular weight excluding hydrogens is 232 g/mol. The predicted octanol–water partition coefficient (Wildman–Crippen LogP) is 2.90. The van der Waals surface area contributed by atoms with Gasteiger partial charge in [0.2, 0.25) is 0 Å². The number of benzene rings is 2. The average molecular weight is 244 g/mol. The van der Waals surface area contributed by atoms with Crippen LogP contribution in [0.5, 0.6) is 0 Å². The maximum atomic E-state index is 11.3. The smallest absolute Gasteiger partial charge is 0.152 e. The largest absolute Gasteiger partial charge is 0.612 e. The highest BCUT2D eigenvalue weighted by Gasteiger charge is 2.04. The molecule has 2 rings (SSSR count). The Morgan fingerprint density at radius 2 is 1.76 bits per heavy atom. The second-order valence-electron chi connectivity index (χ2n) is 3.72. The molecule has 0 aliphatic rings. The highest BCUT2D eigenvalue weighted by Crippen LogP contribution is 2.21. The van der Waals surface area contributed by atoms with Gasteiger partial charge in [0.05, 0.1) is 0 Å². The van der Waals surface area contributed by atoms with Crippen molar-refractivity contribution in [3.8, 4) is 11.1 Å². The minimum absolute atomic E-state index is 0.658. The zero-order valence-electron chi connectivity index (χ0n) is 9.42. The van der Waals surface area contributed by atoms with Crippen LogP contribution < -0.4 is 0 Å². The van der Waals surface area contributed by atoms with Gasteiger partial charge >= 0.3 is 0 Å². The summed E-state index contributed by atoms with van der Waals surface area (Å²) in [4.78, 5) is 11.5. The Kier molecular flexibility index (Phi) is 3.61. The Bertz CT molecular complexity index is 518. The first-order valence-corrected chi connectivity index (χ1v) is 6.75. The summed E-state index contributed by atoms with van der Waals surface area (Å²) in [5.74, 6) is 0. The molecule has 1 atom stereocenters. The molecule has 0 fully saturated rings. The quantitative estimate of drug-likeness (QED) is 0.615. The van der Waals surface area contributed by atoms with E-state index in [-0.39, 0.29) is 0 Å². The zero-order valence-corrected chi connectivity index (χ0v) is 10.2. The monoisotopic (exact) mass is 244 g/mol. The lowest BCUT2D eigenvalue weighted by Gasteiger charge is -2.06. The summed E-state index contributed by atoms with van der Waals surface area (Å²) >= 11 is -0.956. The fourth-order valence-corrected chi connectivity index (χ4v) is 2.15. The van der Waals surface area contributed by atoms with Crippen molar-refractivity contribution in [2.45, 2.75) is 4.90 Å². The van der Waals surface area contributed by atoms with E-state index in [1.807, 2.05) is 42.5 Å². The Morgan fingerprint density at radius 3 is 2.35 bits per heavy atom. The van der Waals surface area contributed by atoms with Gasteiger partial charge in [0, 0.05) is 5.56 Å². The van der Waals surface area contributed by atoms with Crippen LogP contribution in [-0.2, 0) is 11.2 Å². The number of aldehydes is 1. The lowest BCUT2D eigenvalue weighted by Crippen LogP contribution is -1.96. The van der Waals surface area contributed by atoms with Crippen LogP contribution in [0.1, 0.15) is 10.4 Å². The van der Waals surface area contributed by atoms with Gasteiger partial charge in [0.1, 0.15) is 12.5 Å². The average Bonchev–Trinajstić information content (AvgIpc) is 2.39. The molecule has 0 N–H and O–H groups in total. The molecule has 2 aromatic carbocycles. The first kappa shape index (κ1) is 11.9. The molecule has 2 aromatic rings. The van der Waals surface area contributed by atoms with Crippen LogP contribution in [0.15, 0.2) is 53.4 Å². The second kappa shape index (κ2) is 5.17. The van der Waals surface area contributed by atoms with Gasteiger partial charge < -0.3 is 4.55 Å². The molecule has 0 aliphatic carbocycles. The Morgan fingerprint density at radius 1 is 1.06 bits per heavy atom.